The third-order valence-corrected chi connectivity index (χ3v) is 6.63. The first-order valence-corrected chi connectivity index (χ1v) is 9.86. The van der Waals surface area contributed by atoms with Gasteiger partial charge in [-0.2, -0.15) is 0 Å². The third kappa shape index (κ3) is 3.68. The highest BCUT2D eigenvalue weighted by Gasteiger charge is 2.38. The van der Waals surface area contributed by atoms with Gasteiger partial charge in [-0.1, -0.05) is 29.3 Å². The molecule has 0 N–H and O–H groups in total. The van der Waals surface area contributed by atoms with Gasteiger partial charge in [-0.3, -0.25) is 9.59 Å². The van der Waals surface area contributed by atoms with Crippen molar-refractivity contribution in [3.8, 4) is 0 Å². The molecule has 24 heavy (non-hydrogen) atoms. The maximum absolute atomic E-state index is 12.5. The minimum absolute atomic E-state index is 0.0743. The van der Waals surface area contributed by atoms with Crippen LogP contribution in [0.3, 0.4) is 0 Å². The molecule has 3 rings (SSSR count). The van der Waals surface area contributed by atoms with Crippen LogP contribution in [0.4, 0.5) is 0 Å². The number of carbonyl (C=O) groups is 2. The van der Waals surface area contributed by atoms with Gasteiger partial charge in [0.25, 0.3) is 0 Å². The minimum Gasteiger partial charge on any atom is -0.343 e. The van der Waals surface area contributed by atoms with Gasteiger partial charge in [0.1, 0.15) is 5.37 Å². The highest BCUT2D eigenvalue weighted by Crippen LogP contribution is 2.44. The molecule has 0 saturated carbocycles. The smallest absolute Gasteiger partial charge is 0.236 e. The lowest BCUT2D eigenvalue weighted by molar-refractivity contribution is -0.133. The van der Waals surface area contributed by atoms with Gasteiger partial charge in [-0.15, -0.1) is 11.8 Å². The van der Waals surface area contributed by atoms with E-state index in [1.165, 1.54) is 0 Å². The zero-order chi connectivity index (χ0) is 17.3. The fourth-order valence-corrected chi connectivity index (χ4v) is 4.77. The fraction of sp³-hybridized carbons (Fsp3) is 0.529. The molecule has 2 atom stereocenters. The van der Waals surface area contributed by atoms with Crippen molar-refractivity contribution in [2.75, 3.05) is 19.6 Å². The van der Waals surface area contributed by atoms with Gasteiger partial charge in [0.05, 0.1) is 15.3 Å². The van der Waals surface area contributed by atoms with Crippen molar-refractivity contribution >= 4 is 46.8 Å². The molecule has 0 aliphatic carbocycles. The van der Waals surface area contributed by atoms with E-state index in [0.717, 1.165) is 31.5 Å². The van der Waals surface area contributed by atoms with Crippen LogP contribution in [0.1, 0.15) is 37.1 Å². The Morgan fingerprint density at radius 2 is 1.96 bits per heavy atom. The van der Waals surface area contributed by atoms with Crippen LogP contribution in [0, 0.1) is 0 Å². The average Bonchev–Trinajstić information content (AvgIpc) is 3.18. The maximum atomic E-state index is 12.5. The van der Waals surface area contributed by atoms with Gasteiger partial charge in [0.2, 0.25) is 11.8 Å². The summed E-state index contributed by atoms with van der Waals surface area (Å²) < 4.78 is 0. The van der Waals surface area contributed by atoms with Crippen LogP contribution in [0.25, 0.3) is 0 Å². The SMILES string of the molecule is C[C@@H]1S[C@H](c2ccc(Cl)c(Cl)c2)N(CCC(=O)N2CCCC2)C1=O. The molecule has 1 aromatic rings. The number of halogens is 2. The molecule has 130 valence electrons. The monoisotopic (exact) mass is 386 g/mol. The van der Waals surface area contributed by atoms with Crippen LogP contribution in [-0.2, 0) is 9.59 Å². The molecule has 2 saturated heterocycles. The van der Waals surface area contributed by atoms with Crippen molar-refractivity contribution in [1.29, 1.82) is 0 Å². The van der Waals surface area contributed by atoms with E-state index in [2.05, 4.69) is 0 Å². The molecule has 2 aliphatic rings. The zero-order valence-corrected chi connectivity index (χ0v) is 15.8. The van der Waals surface area contributed by atoms with Gasteiger partial charge in [-0.25, -0.2) is 0 Å². The Morgan fingerprint density at radius 3 is 2.62 bits per heavy atom. The Morgan fingerprint density at radius 1 is 1.25 bits per heavy atom. The Kier molecular flexibility index (Phi) is 5.63. The molecule has 0 unspecified atom stereocenters. The number of carbonyl (C=O) groups excluding carboxylic acids is 2. The van der Waals surface area contributed by atoms with Gasteiger partial charge in [0, 0.05) is 26.1 Å². The largest absolute Gasteiger partial charge is 0.343 e. The van der Waals surface area contributed by atoms with Crippen LogP contribution in [-0.4, -0.2) is 46.5 Å². The van der Waals surface area contributed by atoms with Crippen molar-refractivity contribution in [2.24, 2.45) is 0 Å². The predicted octanol–water partition coefficient (Wildman–Crippen LogP) is 3.97. The van der Waals surface area contributed by atoms with Crippen LogP contribution in [0.2, 0.25) is 10.0 Å². The number of hydrogen-bond acceptors (Lipinski definition) is 3. The Bertz CT molecular complexity index is 649. The Balaban J connectivity index is 1.71. The quantitative estimate of drug-likeness (QED) is 0.785. The predicted molar refractivity (Wildman–Crippen MR) is 98.4 cm³/mol. The van der Waals surface area contributed by atoms with Crippen LogP contribution in [0.5, 0.6) is 0 Å². The summed E-state index contributed by atoms with van der Waals surface area (Å²) in [4.78, 5) is 28.5. The van der Waals surface area contributed by atoms with Crippen molar-refractivity contribution in [3.05, 3.63) is 33.8 Å². The molecule has 0 spiro atoms. The van der Waals surface area contributed by atoms with Crippen molar-refractivity contribution in [3.63, 3.8) is 0 Å². The highest BCUT2D eigenvalue weighted by molar-refractivity contribution is 8.01. The maximum Gasteiger partial charge on any atom is 0.236 e. The topological polar surface area (TPSA) is 40.6 Å². The normalized spacial score (nSPS) is 24.0. The van der Waals surface area contributed by atoms with Crippen molar-refractivity contribution in [2.45, 2.75) is 36.8 Å². The molecule has 2 heterocycles. The van der Waals surface area contributed by atoms with Crippen LogP contribution >= 0.6 is 35.0 Å². The van der Waals surface area contributed by atoms with E-state index in [-0.39, 0.29) is 22.4 Å². The molecular weight excluding hydrogens is 367 g/mol. The van der Waals surface area contributed by atoms with Crippen LogP contribution in [0.15, 0.2) is 18.2 Å². The lowest BCUT2D eigenvalue weighted by Gasteiger charge is -2.25. The Labute approximate surface area is 156 Å². The summed E-state index contributed by atoms with van der Waals surface area (Å²) in [5, 5.41) is 0.744. The molecule has 2 amide bonds. The van der Waals surface area contributed by atoms with Gasteiger partial charge >= 0.3 is 0 Å². The van der Waals surface area contributed by atoms with E-state index in [1.54, 1.807) is 22.7 Å². The second-order valence-corrected chi connectivity index (χ2v) is 8.41. The van der Waals surface area contributed by atoms with E-state index in [9.17, 15) is 9.59 Å². The van der Waals surface area contributed by atoms with E-state index < -0.39 is 0 Å². The number of rotatable bonds is 4. The first-order valence-electron chi connectivity index (χ1n) is 8.16. The van der Waals surface area contributed by atoms with E-state index in [1.807, 2.05) is 24.0 Å². The second-order valence-electron chi connectivity index (χ2n) is 6.17. The third-order valence-electron chi connectivity index (χ3n) is 4.50. The van der Waals surface area contributed by atoms with E-state index in [4.69, 9.17) is 23.2 Å². The lowest BCUT2D eigenvalue weighted by Crippen LogP contribution is -2.35. The lowest BCUT2D eigenvalue weighted by atomic mass is 10.2. The first kappa shape index (κ1) is 17.9. The van der Waals surface area contributed by atoms with Gasteiger partial charge in [0.15, 0.2) is 0 Å². The van der Waals surface area contributed by atoms with E-state index >= 15 is 0 Å². The number of thioether (sulfide) groups is 1. The summed E-state index contributed by atoms with van der Waals surface area (Å²) in [6.45, 7) is 4.03. The van der Waals surface area contributed by atoms with Crippen LogP contribution < -0.4 is 0 Å². The number of benzene rings is 1. The fourth-order valence-electron chi connectivity index (χ4n) is 3.17. The summed E-state index contributed by atoms with van der Waals surface area (Å²) in [7, 11) is 0. The minimum atomic E-state index is -0.119. The zero-order valence-electron chi connectivity index (χ0n) is 13.5. The molecule has 2 fully saturated rings. The molecule has 0 radical (unpaired) electrons. The summed E-state index contributed by atoms with van der Waals surface area (Å²) in [6, 6.07) is 5.45. The molecule has 4 nitrogen and oxygen atoms in total. The molecule has 7 heteroatoms. The molecule has 0 bridgehead atoms. The summed E-state index contributed by atoms with van der Waals surface area (Å²) in [6.07, 6.45) is 2.52. The summed E-state index contributed by atoms with van der Waals surface area (Å²) >= 11 is 13.7. The molecule has 2 aliphatic heterocycles. The number of nitrogens with zero attached hydrogens (tertiary/aromatic N) is 2. The summed E-state index contributed by atoms with van der Waals surface area (Å²) in [5.41, 5.74) is 0.945. The van der Waals surface area contributed by atoms with E-state index in [0.29, 0.717) is 23.0 Å². The van der Waals surface area contributed by atoms with Gasteiger partial charge in [-0.05, 0) is 37.5 Å². The first-order chi connectivity index (χ1) is 11.5. The van der Waals surface area contributed by atoms with Crippen molar-refractivity contribution < 1.29 is 9.59 Å². The standard InChI is InChI=1S/C17H20Cl2N2O2S/c1-11-16(23)21(9-6-15(22)20-7-2-3-8-20)17(24-11)12-4-5-13(18)14(19)10-12/h4-5,10-11,17H,2-3,6-9H2,1H3/t11-,17+/m0/s1. The molecular formula is C17H20Cl2N2O2S. The van der Waals surface area contributed by atoms with Gasteiger partial charge < -0.3 is 9.80 Å². The second kappa shape index (κ2) is 7.54. The molecule has 0 aromatic heterocycles. The average molecular weight is 387 g/mol. The number of hydrogen-bond donors (Lipinski definition) is 0. The highest BCUT2D eigenvalue weighted by atomic mass is 35.5. The number of likely N-dealkylation sites (tertiary alicyclic amines) is 1. The summed E-state index contributed by atoms with van der Waals surface area (Å²) in [5.74, 6) is 0.211. The number of amides is 2. The van der Waals surface area contributed by atoms with Crippen molar-refractivity contribution in [1.82, 2.24) is 9.80 Å². The molecule has 1 aromatic carbocycles. The Hall–Kier alpha value is -0.910.